The van der Waals surface area contributed by atoms with Crippen LogP contribution in [0.15, 0.2) is 48.5 Å². The highest BCUT2D eigenvalue weighted by Crippen LogP contribution is 2.22. The molecule has 0 bridgehead atoms. The molecule has 2 rings (SSSR count). The van der Waals surface area contributed by atoms with Crippen molar-refractivity contribution in [3.05, 3.63) is 54.1 Å². The lowest BCUT2D eigenvalue weighted by molar-refractivity contribution is -0.120. The molecule has 144 valence electrons. The number of carbonyl (C=O) groups is 2. The lowest BCUT2D eigenvalue weighted by Crippen LogP contribution is -2.39. The molecule has 0 aromatic heterocycles. The SMILES string of the molecule is CCCN(CC(=O)Nc1ccc(C)cc1)CC(=O)Nc1ccccc1OC. The van der Waals surface area contributed by atoms with E-state index in [4.69, 9.17) is 4.74 Å². The van der Waals surface area contributed by atoms with Crippen molar-refractivity contribution < 1.29 is 14.3 Å². The summed E-state index contributed by atoms with van der Waals surface area (Å²) in [6, 6.07) is 14.9. The number of benzene rings is 2. The third-order valence-corrected chi connectivity index (χ3v) is 3.99. The molecule has 2 aromatic carbocycles. The highest BCUT2D eigenvalue weighted by molar-refractivity contribution is 5.95. The van der Waals surface area contributed by atoms with Gasteiger partial charge in [-0.1, -0.05) is 36.8 Å². The monoisotopic (exact) mass is 369 g/mol. The number of methoxy groups -OCH3 is 1. The lowest BCUT2D eigenvalue weighted by Gasteiger charge is -2.21. The molecule has 0 radical (unpaired) electrons. The number of anilines is 2. The highest BCUT2D eigenvalue weighted by Gasteiger charge is 2.15. The van der Waals surface area contributed by atoms with Crippen LogP contribution in [0.2, 0.25) is 0 Å². The Balaban J connectivity index is 1.92. The van der Waals surface area contributed by atoms with Crippen LogP contribution in [0.5, 0.6) is 5.75 Å². The van der Waals surface area contributed by atoms with Crippen molar-refractivity contribution in [2.75, 3.05) is 37.4 Å². The number of amides is 2. The fourth-order valence-electron chi connectivity index (χ4n) is 2.71. The molecular formula is C21H27N3O3. The third kappa shape index (κ3) is 6.75. The van der Waals surface area contributed by atoms with E-state index in [1.807, 2.05) is 55.1 Å². The van der Waals surface area contributed by atoms with Gasteiger partial charge in [0.05, 0.1) is 25.9 Å². The van der Waals surface area contributed by atoms with Crippen LogP contribution in [0.3, 0.4) is 0 Å². The summed E-state index contributed by atoms with van der Waals surface area (Å²) in [7, 11) is 1.56. The number of rotatable bonds is 9. The molecule has 6 nitrogen and oxygen atoms in total. The number of nitrogens with zero attached hydrogens (tertiary/aromatic N) is 1. The van der Waals surface area contributed by atoms with E-state index in [9.17, 15) is 9.59 Å². The minimum atomic E-state index is -0.184. The standard InChI is InChI=1S/C21H27N3O3/c1-4-13-24(14-20(25)22-17-11-9-16(2)10-12-17)15-21(26)23-18-7-5-6-8-19(18)27-3/h5-12H,4,13-15H2,1-3H3,(H,22,25)(H,23,26). The van der Waals surface area contributed by atoms with Crippen molar-refractivity contribution >= 4 is 23.2 Å². The van der Waals surface area contributed by atoms with Crippen LogP contribution in [0, 0.1) is 6.92 Å². The van der Waals surface area contributed by atoms with Gasteiger partial charge in [0, 0.05) is 5.69 Å². The lowest BCUT2D eigenvalue weighted by atomic mass is 10.2. The average Bonchev–Trinajstić information content (AvgIpc) is 2.64. The van der Waals surface area contributed by atoms with Crippen LogP contribution in [-0.4, -0.2) is 43.5 Å². The van der Waals surface area contributed by atoms with E-state index in [2.05, 4.69) is 10.6 Å². The first-order valence-corrected chi connectivity index (χ1v) is 9.03. The second-order valence-electron chi connectivity index (χ2n) is 6.37. The van der Waals surface area contributed by atoms with Crippen molar-refractivity contribution in [2.45, 2.75) is 20.3 Å². The summed E-state index contributed by atoms with van der Waals surface area (Å²) < 4.78 is 5.25. The van der Waals surface area contributed by atoms with E-state index in [1.54, 1.807) is 19.2 Å². The molecule has 0 saturated carbocycles. The van der Waals surface area contributed by atoms with Crippen LogP contribution in [-0.2, 0) is 9.59 Å². The number of aryl methyl sites for hydroxylation is 1. The van der Waals surface area contributed by atoms with Crippen LogP contribution in [0.4, 0.5) is 11.4 Å². The van der Waals surface area contributed by atoms with E-state index in [0.29, 0.717) is 18.0 Å². The van der Waals surface area contributed by atoms with Crippen molar-refractivity contribution in [3.63, 3.8) is 0 Å². The molecule has 0 spiro atoms. The molecule has 2 aromatic rings. The molecule has 0 aliphatic rings. The van der Waals surface area contributed by atoms with Gasteiger partial charge in [-0.25, -0.2) is 0 Å². The molecule has 0 fully saturated rings. The van der Waals surface area contributed by atoms with Crippen LogP contribution < -0.4 is 15.4 Å². The minimum Gasteiger partial charge on any atom is -0.495 e. The minimum absolute atomic E-state index is 0.132. The van der Waals surface area contributed by atoms with Gasteiger partial charge in [0.15, 0.2) is 0 Å². The summed E-state index contributed by atoms with van der Waals surface area (Å²) in [4.78, 5) is 26.5. The summed E-state index contributed by atoms with van der Waals surface area (Å²) in [5, 5.41) is 5.71. The molecule has 0 saturated heterocycles. The summed E-state index contributed by atoms with van der Waals surface area (Å²) >= 11 is 0. The van der Waals surface area contributed by atoms with E-state index in [-0.39, 0.29) is 24.9 Å². The number of carbonyl (C=O) groups excluding carboxylic acids is 2. The number of para-hydroxylation sites is 2. The van der Waals surface area contributed by atoms with Gasteiger partial charge in [-0.05, 0) is 44.2 Å². The molecular weight excluding hydrogens is 342 g/mol. The van der Waals surface area contributed by atoms with Gasteiger partial charge in [0.25, 0.3) is 0 Å². The summed E-state index contributed by atoms with van der Waals surface area (Å²) in [5.74, 6) is 0.276. The maximum absolute atomic E-state index is 12.4. The zero-order valence-electron chi connectivity index (χ0n) is 16.1. The van der Waals surface area contributed by atoms with Gasteiger partial charge in [-0.3, -0.25) is 14.5 Å². The Hall–Kier alpha value is -2.86. The average molecular weight is 369 g/mol. The molecule has 0 atom stereocenters. The molecule has 27 heavy (non-hydrogen) atoms. The topological polar surface area (TPSA) is 70.7 Å². The van der Waals surface area contributed by atoms with E-state index < -0.39 is 0 Å². The predicted molar refractivity (Wildman–Crippen MR) is 108 cm³/mol. The Labute approximate surface area is 160 Å². The number of hydrogen-bond acceptors (Lipinski definition) is 4. The van der Waals surface area contributed by atoms with Crippen molar-refractivity contribution in [2.24, 2.45) is 0 Å². The Morgan fingerprint density at radius 1 is 0.963 bits per heavy atom. The zero-order valence-corrected chi connectivity index (χ0v) is 16.1. The van der Waals surface area contributed by atoms with Crippen molar-refractivity contribution in [3.8, 4) is 5.75 Å². The highest BCUT2D eigenvalue weighted by atomic mass is 16.5. The number of hydrogen-bond donors (Lipinski definition) is 2. The quantitative estimate of drug-likeness (QED) is 0.712. The van der Waals surface area contributed by atoms with Gasteiger partial charge in [-0.2, -0.15) is 0 Å². The first-order chi connectivity index (χ1) is 13.0. The maximum atomic E-state index is 12.4. The van der Waals surface area contributed by atoms with Crippen LogP contribution in [0.1, 0.15) is 18.9 Å². The van der Waals surface area contributed by atoms with Gasteiger partial charge >= 0.3 is 0 Å². The van der Waals surface area contributed by atoms with Gasteiger partial charge in [-0.15, -0.1) is 0 Å². The Bertz CT molecular complexity index is 760. The summed E-state index contributed by atoms with van der Waals surface area (Å²) in [5.41, 5.74) is 2.50. The predicted octanol–water partition coefficient (Wildman–Crippen LogP) is 3.29. The molecule has 6 heteroatoms. The first kappa shape index (κ1) is 20.5. The fourth-order valence-corrected chi connectivity index (χ4v) is 2.71. The Kier molecular flexibility index (Phi) is 7.82. The van der Waals surface area contributed by atoms with Gasteiger partial charge in [0.1, 0.15) is 5.75 Å². The number of nitrogens with one attached hydrogen (secondary N) is 2. The fraction of sp³-hybridized carbons (Fsp3) is 0.333. The summed E-state index contributed by atoms with van der Waals surface area (Å²) in [6.07, 6.45) is 0.847. The van der Waals surface area contributed by atoms with Crippen LogP contribution >= 0.6 is 0 Å². The smallest absolute Gasteiger partial charge is 0.238 e. The first-order valence-electron chi connectivity index (χ1n) is 9.03. The molecule has 2 amide bonds. The van der Waals surface area contributed by atoms with Gasteiger partial charge in [0.2, 0.25) is 11.8 Å². The third-order valence-electron chi connectivity index (χ3n) is 3.99. The largest absolute Gasteiger partial charge is 0.495 e. The van der Waals surface area contributed by atoms with Crippen LogP contribution in [0.25, 0.3) is 0 Å². The molecule has 0 aliphatic heterocycles. The second kappa shape index (κ2) is 10.3. The van der Waals surface area contributed by atoms with E-state index in [1.165, 1.54) is 0 Å². The molecule has 0 heterocycles. The van der Waals surface area contributed by atoms with Crippen molar-refractivity contribution in [1.29, 1.82) is 0 Å². The van der Waals surface area contributed by atoms with E-state index in [0.717, 1.165) is 17.7 Å². The summed E-state index contributed by atoms with van der Waals surface area (Å²) in [6.45, 7) is 4.95. The number of ether oxygens (including phenoxy) is 1. The Morgan fingerprint density at radius 3 is 2.22 bits per heavy atom. The van der Waals surface area contributed by atoms with E-state index >= 15 is 0 Å². The normalized spacial score (nSPS) is 10.5. The molecule has 0 unspecified atom stereocenters. The van der Waals surface area contributed by atoms with Crippen molar-refractivity contribution in [1.82, 2.24) is 4.90 Å². The Morgan fingerprint density at radius 2 is 1.59 bits per heavy atom. The molecule has 0 aliphatic carbocycles. The van der Waals surface area contributed by atoms with Gasteiger partial charge < -0.3 is 15.4 Å². The maximum Gasteiger partial charge on any atom is 0.238 e. The molecule has 2 N–H and O–H groups in total. The second-order valence-corrected chi connectivity index (χ2v) is 6.37. The zero-order chi connectivity index (χ0) is 19.6.